The van der Waals surface area contributed by atoms with Crippen molar-refractivity contribution in [1.82, 2.24) is 0 Å². The van der Waals surface area contributed by atoms with Gasteiger partial charge in [0.2, 0.25) is 5.75 Å². The highest BCUT2D eigenvalue weighted by Gasteiger charge is 2.24. The topological polar surface area (TPSA) is 107 Å². The predicted molar refractivity (Wildman–Crippen MR) is 150 cm³/mol. The highest BCUT2D eigenvalue weighted by Crippen LogP contribution is 2.41. The van der Waals surface area contributed by atoms with Gasteiger partial charge in [0, 0.05) is 0 Å². The molecule has 3 rings (SSSR count). The number of methoxy groups -OCH3 is 4. The summed E-state index contributed by atoms with van der Waals surface area (Å²) in [5.41, 5.74) is 2.68. The molecule has 0 unspecified atom stereocenters. The maximum absolute atomic E-state index is 10.9. The summed E-state index contributed by atoms with van der Waals surface area (Å²) >= 11 is 0. The minimum Gasteiger partial charge on any atom is -0.504 e. The average molecular weight is 541 g/mol. The quantitative estimate of drug-likeness (QED) is 0.254. The van der Waals surface area contributed by atoms with Crippen molar-refractivity contribution < 1.29 is 39.0 Å². The van der Waals surface area contributed by atoms with E-state index in [1.165, 1.54) is 13.2 Å². The molecule has 0 aromatic heterocycles. The summed E-state index contributed by atoms with van der Waals surface area (Å²) in [6, 6.07) is 14.0. The van der Waals surface area contributed by atoms with Crippen LogP contribution < -0.4 is 23.7 Å². The summed E-state index contributed by atoms with van der Waals surface area (Å²) in [5.74, 6) is 2.97. The van der Waals surface area contributed by atoms with Crippen molar-refractivity contribution in [1.29, 1.82) is 0 Å². The summed E-state index contributed by atoms with van der Waals surface area (Å²) in [4.78, 5) is 0. The number of phenols is 2. The molecular weight excluding hydrogens is 500 g/mol. The molecule has 3 aromatic carbocycles. The van der Waals surface area contributed by atoms with Gasteiger partial charge in [-0.3, -0.25) is 0 Å². The molecule has 0 saturated heterocycles. The largest absolute Gasteiger partial charge is 0.504 e. The lowest BCUT2D eigenvalue weighted by atomic mass is 9.85. The highest BCUT2D eigenvalue weighted by atomic mass is 16.5. The fourth-order valence-corrected chi connectivity index (χ4v) is 4.56. The van der Waals surface area contributed by atoms with E-state index in [1.807, 2.05) is 24.3 Å². The van der Waals surface area contributed by atoms with Gasteiger partial charge in [-0.15, -0.1) is 0 Å². The van der Waals surface area contributed by atoms with Crippen molar-refractivity contribution in [3.8, 4) is 40.2 Å². The summed E-state index contributed by atoms with van der Waals surface area (Å²) in [5, 5.41) is 30.7. The molecular formula is C31H40O8. The molecule has 0 aliphatic heterocycles. The Morgan fingerprint density at radius 3 is 1.62 bits per heavy atom. The second-order valence-electron chi connectivity index (χ2n) is 9.90. The highest BCUT2D eigenvalue weighted by molar-refractivity contribution is 5.54. The molecule has 0 bridgehead atoms. The third-order valence-corrected chi connectivity index (χ3v) is 7.14. The van der Waals surface area contributed by atoms with E-state index in [1.54, 1.807) is 46.5 Å². The average Bonchev–Trinajstić information content (AvgIpc) is 2.94. The Labute approximate surface area is 230 Å². The van der Waals surface area contributed by atoms with Crippen molar-refractivity contribution >= 4 is 0 Å². The van der Waals surface area contributed by atoms with Crippen LogP contribution in [0.15, 0.2) is 48.5 Å². The van der Waals surface area contributed by atoms with E-state index in [2.05, 4.69) is 13.8 Å². The number of aliphatic hydroxyl groups is 1. The molecule has 0 amide bonds. The van der Waals surface area contributed by atoms with Crippen molar-refractivity contribution in [2.75, 3.05) is 28.4 Å². The number of hydrogen-bond donors (Lipinski definition) is 3. The summed E-state index contributed by atoms with van der Waals surface area (Å²) < 4.78 is 27.9. The van der Waals surface area contributed by atoms with Crippen molar-refractivity contribution in [3.05, 3.63) is 65.2 Å². The van der Waals surface area contributed by atoms with Gasteiger partial charge >= 0.3 is 0 Å². The van der Waals surface area contributed by atoms with Crippen molar-refractivity contribution in [3.63, 3.8) is 0 Å². The molecule has 0 aliphatic carbocycles. The first-order valence-electron chi connectivity index (χ1n) is 12.9. The zero-order valence-corrected chi connectivity index (χ0v) is 23.7. The lowest BCUT2D eigenvalue weighted by Crippen LogP contribution is -2.22. The Bertz CT molecular complexity index is 1220. The standard InChI is InChI=1S/C31H40O8/c1-18(12-21-8-10-24(32)26(14-21)35-4)19(2)13-22-15-28(37-6)31(29(16-22)38-7)39-20(3)30(34)23-9-11-25(33)27(17-23)36-5/h8-11,14-20,30,32-34H,12-13H2,1-7H3/t18-,19+,20+,30+/m0/s1. The Morgan fingerprint density at radius 1 is 0.615 bits per heavy atom. The van der Waals surface area contributed by atoms with Gasteiger partial charge in [0.1, 0.15) is 12.2 Å². The molecule has 0 heterocycles. The first-order chi connectivity index (χ1) is 18.6. The molecule has 3 aromatic rings. The molecule has 0 fully saturated rings. The number of ether oxygens (including phenoxy) is 5. The molecule has 8 heteroatoms. The first kappa shape index (κ1) is 29.8. The fraction of sp³-hybridized carbons (Fsp3) is 0.419. The van der Waals surface area contributed by atoms with Crippen LogP contribution in [0.4, 0.5) is 0 Å². The minimum absolute atomic E-state index is 0.00714. The maximum Gasteiger partial charge on any atom is 0.203 e. The van der Waals surface area contributed by atoms with E-state index < -0.39 is 12.2 Å². The third-order valence-electron chi connectivity index (χ3n) is 7.14. The molecule has 0 aliphatic rings. The van der Waals surface area contributed by atoms with E-state index >= 15 is 0 Å². The third kappa shape index (κ3) is 7.20. The second kappa shape index (κ2) is 13.3. The summed E-state index contributed by atoms with van der Waals surface area (Å²) in [7, 11) is 6.14. The molecule has 0 saturated carbocycles. The molecule has 3 N–H and O–H groups in total. The lowest BCUT2D eigenvalue weighted by molar-refractivity contribution is 0.0433. The normalized spacial score (nSPS) is 14.2. The van der Waals surface area contributed by atoms with E-state index in [-0.39, 0.29) is 17.2 Å². The molecule has 212 valence electrons. The number of rotatable bonds is 13. The van der Waals surface area contributed by atoms with E-state index in [0.29, 0.717) is 40.4 Å². The smallest absolute Gasteiger partial charge is 0.203 e. The summed E-state index contributed by atoms with van der Waals surface area (Å²) in [6.07, 6.45) is -0.0262. The zero-order valence-electron chi connectivity index (χ0n) is 23.7. The van der Waals surface area contributed by atoms with Crippen LogP contribution in [0.1, 0.15) is 43.6 Å². The number of phenolic OH excluding ortho intramolecular Hbond substituents is 2. The lowest BCUT2D eigenvalue weighted by Gasteiger charge is -2.25. The van der Waals surface area contributed by atoms with Crippen LogP contribution >= 0.6 is 0 Å². The zero-order chi connectivity index (χ0) is 28.7. The number of aromatic hydroxyl groups is 2. The minimum atomic E-state index is -0.993. The van der Waals surface area contributed by atoms with Crippen LogP contribution in [-0.2, 0) is 12.8 Å². The van der Waals surface area contributed by atoms with Crippen LogP contribution in [-0.4, -0.2) is 49.9 Å². The number of aliphatic hydroxyl groups excluding tert-OH is 1. The van der Waals surface area contributed by atoms with Gasteiger partial charge in [-0.05, 0) is 84.7 Å². The molecule has 8 nitrogen and oxygen atoms in total. The number of benzene rings is 3. The van der Waals surface area contributed by atoms with Gasteiger partial charge in [-0.25, -0.2) is 0 Å². The van der Waals surface area contributed by atoms with Crippen molar-refractivity contribution in [2.24, 2.45) is 11.8 Å². The fourth-order valence-electron chi connectivity index (χ4n) is 4.56. The first-order valence-corrected chi connectivity index (χ1v) is 12.9. The molecule has 4 atom stereocenters. The Morgan fingerprint density at radius 2 is 1.08 bits per heavy atom. The molecule has 0 spiro atoms. The van der Waals surface area contributed by atoms with E-state index in [4.69, 9.17) is 23.7 Å². The van der Waals surface area contributed by atoms with E-state index in [0.717, 1.165) is 24.0 Å². The maximum atomic E-state index is 10.9. The van der Waals surface area contributed by atoms with Crippen LogP contribution in [0, 0.1) is 11.8 Å². The van der Waals surface area contributed by atoms with Crippen LogP contribution in [0.5, 0.6) is 40.2 Å². The second-order valence-corrected chi connectivity index (χ2v) is 9.90. The molecule has 39 heavy (non-hydrogen) atoms. The van der Waals surface area contributed by atoms with Gasteiger partial charge < -0.3 is 39.0 Å². The van der Waals surface area contributed by atoms with Gasteiger partial charge in [0.05, 0.1) is 28.4 Å². The van der Waals surface area contributed by atoms with Gasteiger partial charge in [-0.2, -0.15) is 0 Å². The SMILES string of the molecule is COc1cc(C[C@H](C)[C@H](C)Cc2cc(OC)c(O[C@H](C)[C@@H](O)c3ccc(O)c(OC)c3)c(OC)c2)ccc1O. The van der Waals surface area contributed by atoms with Gasteiger partial charge in [0.25, 0.3) is 0 Å². The Hall–Kier alpha value is -3.78. The molecule has 0 radical (unpaired) electrons. The van der Waals surface area contributed by atoms with Crippen LogP contribution in [0.3, 0.4) is 0 Å². The van der Waals surface area contributed by atoms with Crippen LogP contribution in [0.2, 0.25) is 0 Å². The van der Waals surface area contributed by atoms with E-state index in [9.17, 15) is 15.3 Å². The van der Waals surface area contributed by atoms with Gasteiger partial charge in [0.15, 0.2) is 34.5 Å². The Kier molecular flexibility index (Phi) is 10.2. The van der Waals surface area contributed by atoms with Gasteiger partial charge in [-0.1, -0.05) is 26.0 Å². The predicted octanol–water partition coefficient (Wildman–Crippen LogP) is 5.69. The monoisotopic (exact) mass is 540 g/mol. The Balaban J connectivity index is 1.76. The number of hydrogen-bond acceptors (Lipinski definition) is 8. The van der Waals surface area contributed by atoms with Crippen molar-refractivity contribution in [2.45, 2.75) is 45.8 Å². The van der Waals surface area contributed by atoms with Crippen LogP contribution in [0.25, 0.3) is 0 Å². The summed E-state index contributed by atoms with van der Waals surface area (Å²) in [6.45, 7) is 6.16.